The zero-order valence-electron chi connectivity index (χ0n) is 14.7. The number of anilines is 1. The van der Waals surface area contributed by atoms with Crippen molar-refractivity contribution in [2.24, 2.45) is 0 Å². The third-order valence-corrected chi connectivity index (χ3v) is 4.54. The Morgan fingerprint density at radius 2 is 1.78 bits per heavy atom. The van der Waals surface area contributed by atoms with Crippen LogP contribution in [-0.4, -0.2) is 64.5 Å². The summed E-state index contributed by atoms with van der Waals surface area (Å²) in [6.07, 6.45) is 3.40. The van der Waals surface area contributed by atoms with Gasteiger partial charge in [-0.15, -0.1) is 0 Å². The normalized spacial score (nSPS) is 14.4. The minimum Gasteiger partial charge on any atom is -0.451 e. The van der Waals surface area contributed by atoms with Crippen molar-refractivity contribution < 1.29 is 14.3 Å². The zero-order valence-corrected chi connectivity index (χ0v) is 14.7. The van der Waals surface area contributed by atoms with E-state index in [0.717, 1.165) is 10.9 Å². The molecule has 0 radical (unpaired) electrons. The molecule has 8 heteroatoms. The van der Waals surface area contributed by atoms with Gasteiger partial charge in [0.2, 0.25) is 5.95 Å². The molecule has 0 spiro atoms. The number of nitrogens with one attached hydrogen (secondary N) is 1. The molecule has 0 bridgehead atoms. The summed E-state index contributed by atoms with van der Waals surface area (Å²) in [6, 6.07) is 11.1. The second-order valence-electron chi connectivity index (χ2n) is 6.26. The summed E-state index contributed by atoms with van der Waals surface area (Å²) < 4.78 is 5.18. The minimum atomic E-state index is -0.532. The van der Waals surface area contributed by atoms with Gasteiger partial charge in [0.05, 0.1) is 0 Å². The first kappa shape index (κ1) is 17.0. The first-order valence-electron chi connectivity index (χ1n) is 8.75. The number of piperazine rings is 1. The lowest BCUT2D eigenvalue weighted by Crippen LogP contribution is -2.50. The Kier molecular flexibility index (Phi) is 4.69. The number of aromatic amines is 1. The van der Waals surface area contributed by atoms with Gasteiger partial charge < -0.3 is 19.5 Å². The monoisotopic (exact) mass is 365 g/mol. The van der Waals surface area contributed by atoms with Crippen LogP contribution in [0.25, 0.3) is 10.9 Å². The van der Waals surface area contributed by atoms with Crippen LogP contribution in [0.1, 0.15) is 10.5 Å². The molecule has 1 N–H and O–H groups in total. The fraction of sp³-hybridized carbons (Fsp3) is 0.263. The van der Waals surface area contributed by atoms with Crippen molar-refractivity contribution in [1.82, 2.24) is 19.9 Å². The predicted octanol–water partition coefficient (Wildman–Crippen LogP) is 1.46. The molecular weight excluding hydrogens is 346 g/mol. The number of hydrogen-bond donors (Lipinski definition) is 1. The van der Waals surface area contributed by atoms with Gasteiger partial charge in [0.15, 0.2) is 6.61 Å². The molecule has 0 atom stereocenters. The van der Waals surface area contributed by atoms with E-state index in [1.807, 2.05) is 29.2 Å². The second kappa shape index (κ2) is 7.45. The molecule has 27 heavy (non-hydrogen) atoms. The highest BCUT2D eigenvalue weighted by Crippen LogP contribution is 2.15. The van der Waals surface area contributed by atoms with Gasteiger partial charge in [-0.25, -0.2) is 14.8 Å². The van der Waals surface area contributed by atoms with Crippen molar-refractivity contribution in [2.75, 3.05) is 37.7 Å². The predicted molar refractivity (Wildman–Crippen MR) is 99.4 cm³/mol. The van der Waals surface area contributed by atoms with Gasteiger partial charge in [0, 0.05) is 49.5 Å². The van der Waals surface area contributed by atoms with Crippen LogP contribution in [0, 0.1) is 0 Å². The number of carbonyl (C=O) groups excluding carboxylic acids is 2. The molecule has 1 aliphatic heterocycles. The van der Waals surface area contributed by atoms with Crippen molar-refractivity contribution in [2.45, 2.75) is 0 Å². The standard InChI is InChI=1S/C19H19N5O3/c25-17(23-8-10-24(11-9-23)19-20-6-3-7-21-19)13-27-18(26)16-12-14-4-1-2-5-15(14)22-16/h1-7,12,22H,8-11,13H2. The number of amides is 1. The van der Waals surface area contributed by atoms with E-state index in [-0.39, 0.29) is 12.5 Å². The van der Waals surface area contributed by atoms with E-state index >= 15 is 0 Å². The Morgan fingerprint density at radius 3 is 2.52 bits per heavy atom. The van der Waals surface area contributed by atoms with Gasteiger partial charge in [0.25, 0.3) is 5.91 Å². The fourth-order valence-corrected chi connectivity index (χ4v) is 3.09. The molecule has 3 heterocycles. The Morgan fingerprint density at radius 1 is 1.04 bits per heavy atom. The third kappa shape index (κ3) is 3.74. The number of nitrogens with zero attached hydrogens (tertiary/aromatic N) is 4. The number of rotatable bonds is 4. The maximum atomic E-state index is 12.3. The van der Waals surface area contributed by atoms with Crippen LogP contribution in [0.5, 0.6) is 0 Å². The third-order valence-electron chi connectivity index (χ3n) is 4.54. The second-order valence-corrected chi connectivity index (χ2v) is 6.26. The number of ether oxygens (including phenoxy) is 1. The van der Waals surface area contributed by atoms with Crippen molar-refractivity contribution in [1.29, 1.82) is 0 Å². The molecule has 8 nitrogen and oxygen atoms in total. The summed E-state index contributed by atoms with van der Waals surface area (Å²) in [5, 5.41) is 0.926. The van der Waals surface area contributed by atoms with Crippen LogP contribution in [0.15, 0.2) is 48.8 Å². The Hall–Kier alpha value is -3.42. The summed E-state index contributed by atoms with van der Waals surface area (Å²) >= 11 is 0. The molecule has 138 valence electrons. The quantitative estimate of drug-likeness (QED) is 0.704. The summed E-state index contributed by atoms with van der Waals surface area (Å²) in [6.45, 7) is 2.11. The van der Waals surface area contributed by atoms with Crippen molar-refractivity contribution in [3.63, 3.8) is 0 Å². The van der Waals surface area contributed by atoms with Gasteiger partial charge in [0.1, 0.15) is 5.69 Å². The number of aromatic nitrogens is 3. The fourth-order valence-electron chi connectivity index (χ4n) is 3.09. The molecule has 1 amide bonds. The first-order chi connectivity index (χ1) is 13.2. The van der Waals surface area contributed by atoms with E-state index < -0.39 is 5.97 Å². The van der Waals surface area contributed by atoms with E-state index in [4.69, 9.17) is 4.74 Å². The lowest BCUT2D eigenvalue weighted by Gasteiger charge is -2.34. The highest BCUT2D eigenvalue weighted by molar-refractivity contribution is 5.95. The van der Waals surface area contributed by atoms with E-state index in [0.29, 0.717) is 37.8 Å². The summed E-state index contributed by atoms with van der Waals surface area (Å²) in [7, 11) is 0. The number of carbonyl (C=O) groups is 2. The van der Waals surface area contributed by atoms with Crippen molar-refractivity contribution in [3.05, 3.63) is 54.5 Å². The SMILES string of the molecule is O=C(OCC(=O)N1CCN(c2ncccn2)CC1)c1cc2ccccc2[nH]1. The lowest BCUT2D eigenvalue weighted by atomic mass is 10.2. The highest BCUT2D eigenvalue weighted by Gasteiger charge is 2.23. The van der Waals surface area contributed by atoms with Gasteiger partial charge >= 0.3 is 5.97 Å². The topological polar surface area (TPSA) is 91.4 Å². The average molecular weight is 365 g/mol. The molecule has 0 unspecified atom stereocenters. The van der Waals surface area contributed by atoms with Crippen LogP contribution < -0.4 is 4.90 Å². The molecule has 2 aromatic heterocycles. The molecule has 0 aliphatic carbocycles. The average Bonchev–Trinajstić information content (AvgIpc) is 3.17. The molecule has 0 saturated carbocycles. The zero-order chi connectivity index (χ0) is 18.6. The smallest absolute Gasteiger partial charge is 0.355 e. The van der Waals surface area contributed by atoms with E-state index in [9.17, 15) is 9.59 Å². The summed E-state index contributed by atoms with van der Waals surface area (Å²) in [4.78, 5) is 39.7. The number of para-hydroxylation sites is 1. The van der Waals surface area contributed by atoms with Crippen LogP contribution >= 0.6 is 0 Å². The Balaban J connectivity index is 1.29. The molecular formula is C19H19N5O3. The first-order valence-corrected chi connectivity index (χ1v) is 8.75. The van der Waals surface area contributed by atoms with Crippen LogP contribution in [-0.2, 0) is 9.53 Å². The molecule has 4 rings (SSSR count). The molecule has 1 aromatic carbocycles. The number of hydrogen-bond acceptors (Lipinski definition) is 6. The van der Waals surface area contributed by atoms with Gasteiger partial charge in [-0.2, -0.15) is 0 Å². The molecule has 3 aromatic rings. The van der Waals surface area contributed by atoms with E-state index in [2.05, 4.69) is 15.0 Å². The van der Waals surface area contributed by atoms with Crippen molar-refractivity contribution >= 4 is 28.7 Å². The highest BCUT2D eigenvalue weighted by atomic mass is 16.5. The van der Waals surface area contributed by atoms with Gasteiger partial charge in [-0.1, -0.05) is 18.2 Å². The maximum absolute atomic E-state index is 12.3. The minimum absolute atomic E-state index is 0.201. The maximum Gasteiger partial charge on any atom is 0.355 e. The van der Waals surface area contributed by atoms with Crippen LogP contribution in [0.2, 0.25) is 0 Å². The van der Waals surface area contributed by atoms with Crippen molar-refractivity contribution in [3.8, 4) is 0 Å². The summed E-state index contributed by atoms with van der Waals surface area (Å²) in [5.41, 5.74) is 1.20. The number of fused-ring (bicyclic) bond motifs is 1. The molecule has 1 fully saturated rings. The molecule has 1 saturated heterocycles. The number of benzene rings is 1. The Bertz CT molecular complexity index is 915. The lowest BCUT2D eigenvalue weighted by molar-refractivity contribution is -0.134. The largest absolute Gasteiger partial charge is 0.451 e. The summed E-state index contributed by atoms with van der Waals surface area (Å²) in [5.74, 6) is -0.0706. The van der Waals surface area contributed by atoms with Crippen LogP contribution in [0.3, 0.4) is 0 Å². The van der Waals surface area contributed by atoms with E-state index in [1.165, 1.54) is 0 Å². The van der Waals surface area contributed by atoms with Gasteiger partial charge in [-0.05, 0) is 18.2 Å². The molecule has 1 aliphatic rings. The van der Waals surface area contributed by atoms with Crippen LogP contribution in [0.4, 0.5) is 5.95 Å². The van der Waals surface area contributed by atoms with E-state index in [1.54, 1.807) is 29.4 Å². The Labute approximate surface area is 155 Å². The number of H-pyrrole nitrogens is 1. The number of esters is 1. The van der Waals surface area contributed by atoms with Gasteiger partial charge in [-0.3, -0.25) is 4.79 Å².